The van der Waals surface area contributed by atoms with Gasteiger partial charge in [-0.25, -0.2) is 9.37 Å². The molecule has 0 bridgehead atoms. The van der Waals surface area contributed by atoms with Gasteiger partial charge in [-0.1, -0.05) is 18.2 Å². The van der Waals surface area contributed by atoms with Gasteiger partial charge in [0, 0.05) is 18.8 Å². The molecule has 23 heavy (non-hydrogen) atoms. The number of pyridine rings is 1. The number of aromatic nitrogens is 2. The molecule has 3 aromatic rings. The number of nitrogens with zero attached hydrogens (tertiary/aromatic N) is 2. The van der Waals surface area contributed by atoms with Crippen LogP contribution < -0.4 is 5.32 Å². The number of hydrogen-bond acceptors (Lipinski definition) is 2. The highest BCUT2D eigenvalue weighted by Crippen LogP contribution is 2.07. The minimum atomic E-state index is -0.256. The Kier molecular flexibility index (Phi) is 4.47. The van der Waals surface area contributed by atoms with E-state index in [0.717, 1.165) is 16.9 Å². The number of carbonyl (C=O) groups is 1. The van der Waals surface area contributed by atoms with Gasteiger partial charge in [-0.15, -0.1) is 0 Å². The average Bonchev–Trinajstić information content (AvgIpc) is 2.98. The van der Waals surface area contributed by atoms with Crippen LogP contribution in [-0.2, 0) is 11.2 Å². The molecule has 0 aliphatic heterocycles. The summed E-state index contributed by atoms with van der Waals surface area (Å²) in [7, 11) is 0. The summed E-state index contributed by atoms with van der Waals surface area (Å²) in [4.78, 5) is 16.1. The molecule has 0 aliphatic rings. The molecule has 1 N–H and O–H groups in total. The second kappa shape index (κ2) is 6.87. The summed E-state index contributed by atoms with van der Waals surface area (Å²) in [5.74, 6) is -0.424. The van der Waals surface area contributed by atoms with Gasteiger partial charge in [0.05, 0.1) is 11.9 Å². The molecule has 2 heterocycles. The highest BCUT2D eigenvalue weighted by atomic mass is 19.1. The molecule has 3 rings (SSSR count). The largest absolute Gasteiger partial charge is 0.352 e. The van der Waals surface area contributed by atoms with Crippen LogP contribution in [0.3, 0.4) is 0 Å². The third-order valence-electron chi connectivity index (χ3n) is 3.48. The van der Waals surface area contributed by atoms with E-state index >= 15 is 0 Å². The molecule has 0 radical (unpaired) electrons. The summed E-state index contributed by atoms with van der Waals surface area (Å²) in [5.41, 5.74) is 2.66. The summed E-state index contributed by atoms with van der Waals surface area (Å²) < 4.78 is 14.7. The topological polar surface area (TPSA) is 46.4 Å². The Morgan fingerprint density at radius 1 is 1.22 bits per heavy atom. The lowest BCUT2D eigenvalue weighted by Gasteiger charge is -2.02. The van der Waals surface area contributed by atoms with Crippen molar-refractivity contribution < 1.29 is 9.18 Å². The van der Waals surface area contributed by atoms with Crippen LogP contribution in [0.15, 0.2) is 60.9 Å². The number of halogens is 1. The van der Waals surface area contributed by atoms with Crippen LogP contribution in [0.2, 0.25) is 0 Å². The minimum absolute atomic E-state index is 0.169. The second-order valence-corrected chi connectivity index (χ2v) is 5.11. The first-order valence-electron chi connectivity index (χ1n) is 7.35. The van der Waals surface area contributed by atoms with Gasteiger partial charge < -0.3 is 9.72 Å². The normalized spacial score (nSPS) is 11.2. The molecule has 5 heteroatoms. The molecule has 2 aromatic heterocycles. The molecule has 0 saturated carbocycles. The molecule has 0 fully saturated rings. The van der Waals surface area contributed by atoms with E-state index in [9.17, 15) is 9.18 Å². The molecule has 1 aromatic carbocycles. The van der Waals surface area contributed by atoms with E-state index in [4.69, 9.17) is 0 Å². The molecule has 0 atom stereocenters. The van der Waals surface area contributed by atoms with Crippen molar-refractivity contribution in [3.05, 3.63) is 78.0 Å². The lowest BCUT2D eigenvalue weighted by molar-refractivity contribution is -0.116. The molecule has 0 unspecified atom stereocenters. The van der Waals surface area contributed by atoms with Crippen molar-refractivity contribution in [1.29, 1.82) is 0 Å². The lowest BCUT2D eigenvalue weighted by Crippen LogP contribution is -2.23. The minimum Gasteiger partial charge on any atom is -0.352 e. The molecular formula is C18H16FN3O. The van der Waals surface area contributed by atoms with E-state index in [1.807, 2.05) is 28.8 Å². The number of benzene rings is 1. The van der Waals surface area contributed by atoms with Gasteiger partial charge in [-0.05, 0) is 42.3 Å². The third kappa shape index (κ3) is 3.83. The zero-order valence-electron chi connectivity index (χ0n) is 12.4. The van der Waals surface area contributed by atoms with Crippen molar-refractivity contribution >= 4 is 17.6 Å². The first-order chi connectivity index (χ1) is 11.2. The van der Waals surface area contributed by atoms with Crippen molar-refractivity contribution in [1.82, 2.24) is 14.7 Å². The number of carbonyl (C=O) groups excluding carboxylic acids is 1. The fourth-order valence-corrected chi connectivity index (χ4v) is 2.28. The van der Waals surface area contributed by atoms with Crippen molar-refractivity contribution in [2.45, 2.75) is 6.42 Å². The first-order valence-corrected chi connectivity index (χ1v) is 7.35. The average molecular weight is 309 g/mol. The Morgan fingerprint density at radius 2 is 2.04 bits per heavy atom. The quantitative estimate of drug-likeness (QED) is 0.737. The van der Waals surface area contributed by atoms with E-state index in [2.05, 4.69) is 10.3 Å². The summed E-state index contributed by atoms with van der Waals surface area (Å²) in [5, 5.41) is 2.81. The summed E-state index contributed by atoms with van der Waals surface area (Å²) in [6.45, 7) is 0.502. The van der Waals surface area contributed by atoms with Crippen molar-refractivity contribution in [2.24, 2.45) is 0 Å². The zero-order chi connectivity index (χ0) is 16.1. The van der Waals surface area contributed by atoms with Crippen LogP contribution in [0.4, 0.5) is 4.39 Å². The molecule has 1 amide bonds. The monoisotopic (exact) mass is 309 g/mol. The third-order valence-corrected chi connectivity index (χ3v) is 3.48. The van der Waals surface area contributed by atoms with Crippen LogP contribution in [-0.4, -0.2) is 21.8 Å². The number of hydrogen-bond donors (Lipinski definition) is 1. The van der Waals surface area contributed by atoms with Crippen molar-refractivity contribution in [2.75, 3.05) is 6.54 Å². The predicted octanol–water partition coefficient (Wildman–Crippen LogP) is 2.85. The number of nitrogens with one attached hydrogen (secondary N) is 1. The highest BCUT2D eigenvalue weighted by molar-refractivity contribution is 5.91. The first kappa shape index (κ1) is 15.0. The molecule has 4 nitrogen and oxygen atoms in total. The smallest absolute Gasteiger partial charge is 0.244 e. The van der Waals surface area contributed by atoms with Crippen LogP contribution in [0.5, 0.6) is 0 Å². The molecule has 116 valence electrons. The SMILES string of the molecule is O=C(/C=C/c1cnc2ccccn12)NCCc1ccc(F)cc1. The summed E-state index contributed by atoms with van der Waals surface area (Å²) in [6.07, 6.45) is 7.50. The molecular weight excluding hydrogens is 293 g/mol. The summed E-state index contributed by atoms with van der Waals surface area (Å²) in [6, 6.07) is 12.0. The fraction of sp³-hybridized carbons (Fsp3) is 0.111. The number of rotatable bonds is 5. The predicted molar refractivity (Wildman–Crippen MR) is 87.3 cm³/mol. The van der Waals surface area contributed by atoms with Gasteiger partial charge in [0.1, 0.15) is 11.5 Å². The number of imidazole rings is 1. The van der Waals surface area contributed by atoms with Gasteiger partial charge in [-0.2, -0.15) is 0 Å². The van der Waals surface area contributed by atoms with Crippen LogP contribution in [0, 0.1) is 5.82 Å². The highest BCUT2D eigenvalue weighted by Gasteiger charge is 2.00. The number of fused-ring (bicyclic) bond motifs is 1. The Labute approximate surface area is 133 Å². The van der Waals surface area contributed by atoms with Crippen molar-refractivity contribution in [3.8, 4) is 0 Å². The van der Waals surface area contributed by atoms with E-state index < -0.39 is 0 Å². The zero-order valence-corrected chi connectivity index (χ0v) is 12.4. The van der Waals surface area contributed by atoms with Crippen LogP contribution in [0.1, 0.15) is 11.3 Å². The van der Waals surface area contributed by atoms with E-state index in [1.54, 1.807) is 24.4 Å². The van der Waals surface area contributed by atoms with Gasteiger partial charge in [0.2, 0.25) is 5.91 Å². The fourth-order valence-electron chi connectivity index (χ4n) is 2.28. The van der Waals surface area contributed by atoms with E-state index in [1.165, 1.54) is 18.2 Å². The van der Waals surface area contributed by atoms with Gasteiger partial charge in [-0.3, -0.25) is 4.79 Å². The maximum atomic E-state index is 12.8. The molecule has 0 aliphatic carbocycles. The molecule has 0 spiro atoms. The second-order valence-electron chi connectivity index (χ2n) is 5.11. The number of amides is 1. The van der Waals surface area contributed by atoms with E-state index in [0.29, 0.717) is 13.0 Å². The van der Waals surface area contributed by atoms with Gasteiger partial charge >= 0.3 is 0 Å². The Bertz CT molecular complexity index is 837. The van der Waals surface area contributed by atoms with Crippen LogP contribution in [0.25, 0.3) is 11.7 Å². The summed E-state index contributed by atoms with van der Waals surface area (Å²) >= 11 is 0. The standard InChI is InChI=1S/C18H16FN3O/c19-15-6-4-14(5-7-15)10-11-20-18(23)9-8-16-13-21-17-3-1-2-12-22(16)17/h1-9,12-13H,10-11H2,(H,20,23)/b9-8+. The molecule has 0 saturated heterocycles. The maximum Gasteiger partial charge on any atom is 0.244 e. The Hall–Kier alpha value is -2.95. The van der Waals surface area contributed by atoms with Gasteiger partial charge in [0.25, 0.3) is 0 Å². The van der Waals surface area contributed by atoms with E-state index in [-0.39, 0.29) is 11.7 Å². The maximum absolute atomic E-state index is 12.8. The Balaban J connectivity index is 1.53. The van der Waals surface area contributed by atoms with Crippen LogP contribution >= 0.6 is 0 Å². The Morgan fingerprint density at radius 3 is 2.87 bits per heavy atom. The van der Waals surface area contributed by atoms with Crippen molar-refractivity contribution in [3.63, 3.8) is 0 Å². The lowest BCUT2D eigenvalue weighted by atomic mass is 10.1. The van der Waals surface area contributed by atoms with Gasteiger partial charge in [0.15, 0.2) is 0 Å².